The summed E-state index contributed by atoms with van der Waals surface area (Å²) < 4.78 is 0. The molecule has 0 saturated heterocycles. The van der Waals surface area contributed by atoms with Gasteiger partial charge in [-0.1, -0.05) is 55.5 Å². The smallest absolute Gasteiger partial charge is 0.550 e. The van der Waals surface area contributed by atoms with Gasteiger partial charge in [0, 0.05) is 17.9 Å². The van der Waals surface area contributed by atoms with Crippen molar-refractivity contribution in [3.63, 3.8) is 0 Å². The Balaban J connectivity index is -0.0000000419. The molecule has 0 atom stereocenters. The summed E-state index contributed by atoms with van der Waals surface area (Å²) in [6.45, 7) is 5.29. The summed E-state index contributed by atoms with van der Waals surface area (Å²) in [5, 5.41) is 46.8. The normalized spacial score (nSPS) is 7.53. The molecular formula is C20H23CaKNa2O10. The maximum absolute atomic E-state index is 10.1. The summed E-state index contributed by atoms with van der Waals surface area (Å²) in [7, 11) is 0. The van der Waals surface area contributed by atoms with Gasteiger partial charge < -0.3 is 49.5 Å². The Kier molecular flexibility index (Phi) is 71.7. The minimum Gasteiger partial charge on any atom is -0.550 e. The molecule has 0 N–H and O–H groups in total. The molecule has 0 bridgehead atoms. The van der Waals surface area contributed by atoms with Crippen LogP contribution in [0.3, 0.4) is 0 Å². The van der Waals surface area contributed by atoms with Crippen LogP contribution in [0.5, 0.6) is 0 Å². The van der Waals surface area contributed by atoms with Gasteiger partial charge in [0.1, 0.15) is 0 Å². The molecule has 0 amide bonds. The van der Waals surface area contributed by atoms with Crippen molar-refractivity contribution in [1.29, 1.82) is 0 Å². The fourth-order valence-corrected chi connectivity index (χ4v) is 0.819. The molecule has 0 aliphatic carbocycles. The van der Waals surface area contributed by atoms with Gasteiger partial charge in [-0.25, -0.2) is 0 Å². The number of benzene rings is 1. The first-order valence-corrected chi connectivity index (χ1v) is 8.13. The maximum Gasteiger partial charge on any atom is 2.00 e. The molecule has 0 aromatic heterocycles. The molecule has 0 aliphatic heterocycles. The number of aliphatic carboxylic acids is 4. The summed E-state index contributed by atoms with van der Waals surface area (Å²) in [6.07, 6.45) is 5.85. The predicted molar refractivity (Wildman–Crippen MR) is 102 cm³/mol. The average molecular weight is 549 g/mol. The van der Waals surface area contributed by atoms with Crippen LogP contribution in [0, 0.1) is 0 Å². The van der Waals surface area contributed by atoms with E-state index in [1.54, 1.807) is 37.3 Å². The molecule has 1 aromatic rings. The van der Waals surface area contributed by atoms with Gasteiger partial charge in [0.15, 0.2) is 0 Å². The quantitative estimate of drug-likeness (QED) is 0.198. The van der Waals surface area contributed by atoms with Crippen molar-refractivity contribution in [3.8, 4) is 0 Å². The van der Waals surface area contributed by atoms with Gasteiger partial charge >= 0.3 is 148 Å². The summed E-state index contributed by atoms with van der Waals surface area (Å²) in [6, 6.07) is 8.06. The van der Waals surface area contributed by atoms with Crippen molar-refractivity contribution in [2.75, 3.05) is 0 Å². The number of aromatic carboxylic acids is 1. The first kappa shape index (κ1) is 55.5. The third-order valence-electron chi connectivity index (χ3n) is 1.83. The zero-order valence-corrected chi connectivity index (χ0v) is 30.0. The van der Waals surface area contributed by atoms with Gasteiger partial charge in [-0.15, -0.1) is 0 Å². The van der Waals surface area contributed by atoms with Crippen molar-refractivity contribution < 1.29 is 160 Å². The van der Waals surface area contributed by atoms with E-state index in [1.807, 2.05) is 0 Å². The van der Waals surface area contributed by atoms with E-state index in [1.165, 1.54) is 25.1 Å². The number of carboxylic acid groups (broad SMARTS) is 5. The molecule has 0 fully saturated rings. The molecule has 0 heterocycles. The molecule has 0 unspecified atom stereocenters. The van der Waals surface area contributed by atoms with Crippen LogP contribution in [0.4, 0.5) is 0 Å². The predicted octanol–water partition coefficient (Wildman–Crippen LogP) is -12.8. The van der Waals surface area contributed by atoms with Gasteiger partial charge in [-0.2, -0.15) is 0 Å². The average Bonchev–Trinajstić information content (AvgIpc) is 2.62. The largest absolute Gasteiger partial charge is 2.00 e. The SMILES string of the molecule is C/C=C/C=C/C(=O)[O-].CC(=O)[O-].CC(=O)[O-].CCC(=O)[O-].O=C([O-])c1ccccc1.[Ca+2].[K+].[Na+].[Na+]. The van der Waals surface area contributed by atoms with Crippen LogP contribution in [0.15, 0.2) is 54.6 Å². The number of allylic oxidation sites excluding steroid dienone is 3. The summed E-state index contributed by atoms with van der Waals surface area (Å²) >= 11 is 0. The summed E-state index contributed by atoms with van der Waals surface area (Å²) in [5.74, 6) is -5.45. The van der Waals surface area contributed by atoms with Crippen LogP contribution in [0.25, 0.3) is 0 Å². The van der Waals surface area contributed by atoms with Crippen LogP contribution in [-0.4, -0.2) is 67.6 Å². The number of carbonyl (C=O) groups excluding carboxylic acids is 5. The Hall–Kier alpha value is 0.946. The first-order chi connectivity index (χ1) is 13.8. The van der Waals surface area contributed by atoms with Crippen molar-refractivity contribution in [2.24, 2.45) is 0 Å². The number of carboxylic acids is 5. The van der Waals surface area contributed by atoms with E-state index in [9.17, 15) is 29.7 Å². The van der Waals surface area contributed by atoms with E-state index >= 15 is 0 Å². The van der Waals surface area contributed by atoms with Crippen molar-refractivity contribution >= 4 is 67.6 Å². The zero-order chi connectivity index (χ0) is 24.5. The van der Waals surface area contributed by atoms with Crippen molar-refractivity contribution in [1.82, 2.24) is 0 Å². The van der Waals surface area contributed by atoms with Crippen molar-refractivity contribution in [3.05, 3.63) is 60.2 Å². The fraction of sp³-hybridized carbons (Fsp3) is 0.250. The second kappa shape index (κ2) is 44.0. The van der Waals surface area contributed by atoms with Crippen molar-refractivity contribution in [2.45, 2.75) is 34.1 Å². The van der Waals surface area contributed by atoms with E-state index in [2.05, 4.69) is 0 Å². The number of carbonyl (C=O) groups is 5. The number of hydrogen-bond donors (Lipinski definition) is 0. The van der Waals surface area contributed by atoms with Gasteiger partial charge in [-0.3, -0.25) is 0 Å². The summed E-state index contributed by atoms with van der Waals surface area (Å²) in [5.41, 5.74) is 0.220. The van der Waals surface area contributed by atoms with E-state index < -0.39 is 29.8 Å². The van der Waals surface area contributed by atoms with E-state index in [0.29, 0.717) is 0 Å². The summed E-state index contributed by atoms with van der Waals surface area (Å²) in [4.78, 5) is 46.8. The molecule has 10 nitrogen and oxygen atoms in total. The van der Waals surface area contributed by atoms with Crippen LogP contribution < -0.4 is 136 Å². The Morgan fingerprint density at radius 2 is 1.12 bits per heavy atom. The molecule has 1 rings (SSSR count). The minimum atomic E-state index is -1.16. The van der Waals surface area contributed by atoms with Crippen LogP contribution in [0.2, 0.25) is 0 Å². The van der Waals surface area contributed by atoms with E-state index in [4.69, 9.17) is 19.8 Å². The Morgan fingerprint density at radius 3 is 1.29 bits per heavy atom. The van der Waals surface area contributed by atoms with E-state index in [0.717, 1.165) is 19.9 Å². The molecule has 0 aliphatic rings. The van der Waals surface area contributed by atoms with Gasteiger partial charge in [-0.05, 0) is 38.8 Å². The Morgan fingerprint density at radius 1 is 0.794 bits per heavy atom. The molecule has 168 valence electrons. The minimum absolute atomic E-state index is 0. The maximum atomic E-state index is 10.1. The fourth-order valence-electron chi connectivity index (χ4n) is 0.819. The number of rotatable bonds is 4. The third kappa shape index (κ3) is 84.5. The molecule has 0 radical (unpaired) electrons. The zero-order valence-electron chi connectivity index (χ0n) is 20.7. The third-order valence-corrected chi connectivity index (χ3v) is 1.83. The number of hydrogen-bond acceptors (Lipinski definition) is 10. The molecule has 0 spiro atoms. The van der Waals surface area contributed by atoms with Gasteiger partial charge in [0.05, 0.1) is 11.9 Å². The second-order valence-electron chi connectivity index (χ2n) is 4.57. The molecular weight excluding hydrogens is 525 g/mol. The molecule has 1 aromatic carbocycles. The van der Waals surface area contributed by atoms with Gasteiger partial charge in [0.25, 0.3) is 0 Å². The Labute approximate surface area is 316 Å². The molecule has 14 heteroatoms. The molecule has 0 saturated carbocycles. The second-order valence-corrected chi connectivity index (χ2v) is 4.57. The standard InChI is InChI=1S/C7H6O2.C6H8O2.C3H6O2.2C2H4O2.Ca.K.2Na/c8-7(9)6-4-2-1-3-5-6;1-2-3-4-5-6(7)8;1-2-3(4)5;2*1-2(3)4;;;;/h1-5H,(H,8,9);2-5H,1H3,(H,7,8);2H2,1H3,(H,4,5);2*1H3,(H,3,4);;;;/q;;;;;+2;3*+1/p-5/b;3-2+,5-4+;;;;;;;. The topological polar surface area (TPSA) is 201 Å². The monoisotopic (exact) mass is 548 g/mol. The van der Waals surface area contributed by atoms with Crippen LogP contribution in [-0.2, 0) is 19.2 Å². The van der Waals surface area contributed by atoms with E-state index in [-0.39, 0.29) is 160 Å². The first-order valence-electron chi connectivity index (χ1n) is 8.13. The van der Waals surface area contributed by atoms with Gasteiger partial charge in [0.2, 0.25) is 0 Å². The van der Waals surface area contributed by atoms with Crippen LogP contribution >= 0.6 is 0 Å². The van der Waals surface area contributed by atoms with Crippen LogP contribution in [0.1, 0.15) is 44.5 Å². The molecule has 34 heavy (non-hydrogen) atoms. The Bertz CT molecular complexity index is 680.